The quantitative estimate of drug-likeness (QED) is 0.220. The molecule has 12 heteroatoms. The van der Waals surface area contributed by atoms with Crippen LogP contribution in [0.3, 0.4) is 0 Å². The van der Waals surface area contributed by atoms with E-state index < -0.39 is 15.4 Å². The Bertz CT molecular complexity index is 1810. The second kappa shape index (κ2) is 13.3. The molecule has 0 saturated carbocycles. The third-order valence-electron chi connectivity index (χ3n) is 7.69. The fourth-order valence-corrected chi connectivity index (χ4v) is 5.81. The molecule has 3 aromatic carbocycles. The molecular weight excluding hydrogens is 614 g/mol. The number of methoxy groups -OCH3 is 1. The van der Waals surface area contributed by atoms with Crippen LogP contribution in [-0.4, -0.2) is 50.9 Å². The number of hydrogen-bond donors (Lipinski definition) is 1. The van der Waals surface area contributed by atoms with Gasteiger partial charge in [0.05, 0.1) is 36.2 Å². The molecule has 1 saturated heterocycles. The van der Waals surface area contributed by atoms with E-state index in [0.29, 0.717) is 33.5 Å². The van der Waals surface area contributed by atoms with E-state index in [2.05, 4.69) is 35.2 Å². The molecule has 2 heterocycles. The fourth-order valence-electron chi connectivity index (χ4n) is 4.78. The minimum absolute atomic E-state index is 0.00733. The van der Waals surface area contributed by atoms with Crippen LogP contribution >= 0.6 is 11.6 Å². The summed E-state index contributed by atoms with van der Waals surface area (Å²) in [5.41, 5.74) is 3.10. The molecule has 1 N–H and O–H groups in total. The summed E-state index contributed by atoms with van der Waals surface area (Å²) >= 11 is 6.60. The Hall–Kier alpha value is -4.37. The zero-order valence-electron chi connectivity index (χ0n) is 25.5. The van der Waals surface area contributed by atoms with Crippen molar-refractivity contribution in [2.24, 2.45) is 0 Å². The Balaban J connectivity index is 1.28. The molecule has 1 aromatic heterocycles. The molecule has 0 bridgehead atoms. The summed E-state index contributed by atoms with van der Waals surface area (Å²) in [5, 5.41) is 13.4. The number of halogens is 1. The first kappa shape index (κ1) is 32.0. The van der Waals surface area contributed by atoms with Crippen LogP contribution in [0.15, 0.2) is 72.9 Å². The van der Waals surface area contributed by atoms with E-state index in [0.717, 1.165) is 40.3 Å². The second-order valence-corrected chi connectivity index (χ2v) is 13.6. The van der Waals surface area contributed by atoms with Gasteiger partial charge in [0.1, 0.15) is 30.3 Å². The van der Waals surface area contributed by atoms with E-state index >= 15 is 0 Å². The van der Waals surface area contributed by atoms with Gasteiger partial charge in [-0.3, -0.25) is 0 Å². The molecule has 1 aliphatic rings. The number of hydrogen-bond acceptors (Lipinski definition) is 9. The van der Waals surface area contributed by atoms with E-state index in [1.54, 1.807) is 37.4 Å². The molecule has 1 aliphatic heterocycles. The minimum atomic E-state index is -3.67. The lowest BCUT2D eigenvalue weighted by molar-refractivity contribution is 0.142. The van der Waals surface area contributed by atoms with Gasteiger partial charge in [0.2, 0.25) is 16.0 Å². The van der Waals surface area contributed by atoms with Crippen molar-refractivity contribution in [2.75, 3.05) is 30.8 Å². The second-order valence-electron chi connectivity index (χ2n) is 11.2. The Morgan fingerprint density at radius 1 is 1.04 bits per heavy atom. The lowest BCUT2D eigenvalue weighted by Crippen LogP contribution is -2.50. The highest BCUT2D eigenvalue weighted by molar-refractivity contribution is 7.92. The molecule has 234 valence electrons. The summed E-state index contributed by atoms with van der Waals surface area (Å²) in [4.78, 5) is 8.69. The van der Waals surface area contributed by atoms with Crippen molar-refractivity contribution < 1.29 is 22.6 Å². The molecule has 0 amide bonds. The first-order chi connectivity index (χ1) is 21.5. The van der Waals surface area contributed by atoms with Gasteiger partial charge in [0.25, 0.3) is 0 Å². The van der Waals surface area contributed by atoms with Gasteiger partial charge in [0, 0.05) is 24.7 Å². The summed E-state index contributed by atoms with van der Waals surface area (Å²) in [6.07, 6.45) is 2.64. The van der Waals surface area contributed by atoms with Crippen molar-refractivity contribution in [1.82, 2.24) is 15.3 Å². The highest BCUT2D eigenvalue weighted by Crippen LogP contribution is 2.39. The van der Waals surface area contributed by atoms with Crippen molar-refractivity contribution >= 4 is 27.6 Å². The zero-order valence-corrected chi connectivity index (χ0v) is 27.0. The third kappa shape index (κ3) is 7.48. The number of nitriles is 1. The van der Waals surface area contributed by atoms with Crippen molar-refractivity contribution in [3.8, 4) is 23.3 Å². The molecule has 45 heavy (non-hydrogen) atoms. The van der Waals surface area contributed by atoms with Gasteiger partial charge in [-0.1, -0.05) is 49.7 Å². The summed E-state index contributed by atoms with van der Waals surface area (Å²) in [6, 6.07) is 22.4. The topological polar surface area (TPSA) is 127 Å². The summed E-state index contributed by atoms with van der Waals surface area (Å²) in [6.45, 7) is 5.76. The SMILES string of the molecule is COc1ccc(CN(c2nccc(COc3ccc(C(C)(C)c4cc(Cl)c(OC5CNC5)c(C#N)c4)cc3)n2)S(C)(=O)=O)cc1. The number of anilines is 1. The van der Waals surface area contributed by atoms with Gasteiger partial charge < -0.3 is 19.5 Å². The van der Waals surface area contributed by atoms with Crippen LogP contribution in [0.5, 0.6) is 17.2 Å². The molecule has 0 radical (unpaired) electrons. The molecule has 5 rings (SSSR count). The van der Waals surface area contributed by atoms with E-state index in [-0.39, 0.29) is 25.2 Å². The number of rotatable bonds is 12. The van der Waals surface area contributed by atoms with Gasteiger partial charge in [0.15, 0.2) is 5.75 Å². The standard InChI is InChI=1S/C33H34ClN5O5S/c1-33(2,25-15-23(17-35)31(30(34)16-25)44-29-18-36-19-29)24-7-11-28(12-8-24)43-21-26-13-14-37-32(38-26)39(45(4,40)41)20-22-5-9-27(42-3)10-6-22/h5-16,29,36H,18-21H2,1-4H3. The molecule has 0 spiro atoms. The third-order valence-corrected chi connectivity index (χ3v) is 9.06. The molecule has 4 aromatic rings. The minimum Gasteiger partial charge on any atom is -0.497 e. The molecule has 0 unspecified atom stereocenters. The van der Waals surface area contributed by atoms with E-state index in [1.807, 2.05) is 36.4 Å². The Labute approximate surface area is 268 Å². The van der Waals surface area contributed by atoms with Gasteiger partial charge in [-0.15, -0.1) is 0 Å². The van der Waals surface area contributed by atoms with Crippen LogP contribution in [-0.2, 0) is 28.6 Å². The Morgan fingerprint density at radius 2 is 1.73 bits per heavy atom. The molecule has 10 nitrogen and oxygen atoms in total. The van der Waals surface area contributed by atoms with Crippen LogP contribution < -0.4 is 23.8 Å². The smallest absolute Gasteiger partial charge is 0.239 e. The summed E-state index contributed by atoms with van der Waals surface area (Å²) in [7, 11) is -2.10. The predicted molar refractivity (Wildman–Crippen MR) is 172 cm³/mol. The van der Waals surface area contributed by atoms with Crippen molar-refractivity contribution in [3.05, 3.63) is 106 Å². The maximum absolute atomic E-state index is 12.7. The van der Waals surface area contributed by atoms with Gasteiger partial charge in [-0.2, -0.15) is 5.26 Å². The highest BCUT2D eigenvalue weighted by Gasteiger charge is 2.28. The van der Waals surface area contributed by atoms with Crippen LogP contribution in [0.2, 0.25) is 5.02 Å². The van der Waals surface area contributed by atoms with Crippen LogP contribution in [0.1, 0.15) is 41.8 Å². The number of benzene rings is 3. The molecule has 0 atom stereocenters. The highest BCUT2D eigenvalue weighted by atomic mass is 35.5. The number of aromatic nitrogens is 2. The first-order valence-electron chi connectivity index (χ1n) is 14.3. The van der Waals surface area contributed by atoms with Gasteiger partial charge in [-0.05, 0) is 59.2 Å². The summed E-state index contributed by atoms with van der Waals surface area (Å²) < 4.78 is 43.6. The Morgan fingerprint density at radius 3 is 2.33 bits per heavy atom. The lowest BCUT2D eigenvalue weighted by atomic mass is 9.77. The van der Waals surface area contributed by atoms with E-state index in [1.165, 1.54) is 6.20 Å². The maximum atomic E-state index is 12.7. The number of nitrogens with zero attached hydrogens (tertiary/aromatic N) is 4. The monoisotopic (exact) mass is 647 g/mol. The predicted octanol–water partition coefficient (Wildman–Crippen LogP) is 5.23. The number of ether oxygens (including phenoxy) is 3. The van der Waals surface area contributed by atoms with Crippen LogP contribution in [0.25, 0.3) is 0 Å². The normalized spacial score (nSPS) is 13.4. The average molecular weight is 648 g/mol. The zero-order chi connectivity index (χ0) is 32.2. The Kier molecular flexibility index (Phi) is 9.48. The van der Waals surface area contributed by atoms with Crippen molar-refractivity contribution in [3.63, 3.8) is 0 Å². The largest absolute Gasteiger partial charge is 0.497 e. The number of sulfonamides is 1. The van der Waals surface area contributed by atoms with Gasteiger partial charge >= 0.3 is 0 Å². The van der Waals surface area contributed by atoms with Crippen LogP contribution in [0, 0.1) is 11.3 Å². The average Bonchev–Trinajstić information content (AvgIpc) is 3.00. The summed E-state index contributed by atoms with van der Waals surface area (Å²) in [5.74, 6) is 1.77. The fraction of sp³-hybridized carbons (Fsp3) is 0.303. The van der Waals surface area contributed by atoms with E-state index in [9.17, 15) is 13.7 Å². The molecule has 0 aliphatic carbocycles. The first-order valence-corrected chi connectivity index (χ1v) is 16.5. The van der Waals surface area contributed by atoms with Gasteiger partial charge in [-0.25, -0.2) is 22.7 Å². The number of nitrogens with one attached hydrogen (secondary N) is 1. The maximum Gasteiger partial charge on any atom is 0.239 e. The molecular formula is C33H34ClN5O5S. The lowest BCUT2D eigenvalue weighted by Gasteiger charge is -2.30. The molecule has 1 fully saturated rings. The van der Waals surface area contributed by atoms with Crippen molar-refractivity contribution in [2.45, 2.75) is 38.5 Å². The van der Waals surface area contributed by atoms with E-state index in [4.69, 9.17) is 25.8 Å². The van der Waals surface area contributed by atoms with Crippen molar-refractivity contribution in [1.29, 1.82) is 5.26 Å². The van der Waals surface area contributed by atoms with Crippen LogP contribution in [0.4, 0.5) is 5.95 Å².